The number of anilines is 1. The first-order valence-electron chi connectivity index (χ1n) is 6.58. The summed E-state index contributed by atoms with van der Waals surface area (Å²) in [6, 6.07) is 12.8. The number of fused-ring (bicyclic) bond motifs is 1. The molecule has 3 aromatic rings. The number of hydrogen-bond acceptors (Lipinski definition) is 4. The molecule has 5 nitrogen and oxygen atoms in total. The van der Waals surface area contributed by atoms with Gasteiger partial charge in [-0.1, -0.05) is 24.3 Å². The molecule has 0 aliphatic carbocycles. The Labute approximate surface area is 121 Å². The van der Waals surface area contributed by atoms with Crippen molar-refractivity contribution in [2.24, 2.45) is 5.73 Å². The summed E-state index contributed by atoms with van der Waals surface area (Å²) >= 11 is 0. The Kier molecular flexibility index (Phi) is 3.57. The number of pyridine rings is 2. The SMILES string of the molecule is NCc1ccc(NC(=O)c2ccnc3ccccc23)nc1. The lowest BCUT2D eigenvalue weighted by molar-refractivity contribution is 0.102. The Hall–Kier alpha value is -2.79. The fourth-order valence-electron chi connectivity index (χ4n) is 2.10. The van der Waals surface area contributed by atoms with Crippen LogP contribution in [0.4, 0.5) is 5.82 Å². The maximum Gasteiger partial charge on any atom is 0.257 e. The highest BCUT2D eigenvalue weighted by atomic mass is 16.1. The number of amides is 1. The summed E-state index contributed by atoms with van der Waals surface area (Å²) in [6.45, 7) is 0.427. The molecule has 0 radical (unpaired) electrons. The zero-order valence-electron chi connectivity index (χ0n) is 11.3. The molecule has 0 fully saturated rings. The van der Waals surface area contributed by atoms with Crippen molar-refractivity contribution in [3.8, 4) is 0 Å². The van der Waals surface area contributed by atoms with Gasteiger partial charge in [0, 0.05) is 24.3 Å². The number of nitrogens with one attached hydrogen (secondary N) is 1. The molecule has 0 atom stereocenters. The Balaban J connectivity index is 1.90. The topological polar surface area (TPSA) is 80.9 Å². The van der Waals surface area contributed by atoms with Crippen LogP contribution in [0.15, 0.2) is 54.9 Å². The maximum atomic E-state index is 12.4. The highest BCUT2D eigenvalue weighted by molar-refractivity contribution is 6.11. The normalized spacial score (nSPS) is 10.5. The van der Waals surface area contributed by atoms with E-state index in [1.54, 1.807) is 24.5 Å². The second kappa shape index (κ2) is 5.68. The van der Waals surface area contributed by atoms with E-state index in [4.69, 9.17) is 5.73 Å². The molecule has 21 heavy (non-hydrogen) atoms. The minimum absolute atomic E-state index is 0.207. The number of hydrogen-bond donors (Lipinski definition) is 2. The fourth-order valence-corrected chi connectivity index (χ4v) is 2.10. The summed E-state index contributed by atoms with van der Waals surface area (Å²) in [5.41, 5.74) is 7.80. The van der Waals surface area contributed by atoms with Crippen molar-refractivity contribution in [1.82, 2.24) is 9.97 Å². The average molecular weight is 278 g/mol. The second-order valence-electron chi connectivity index (χ2n) is 4.59. The predicted molar refractivity (Wildman–Crippen MR) is 81.8 cm³/mol. The lowest BCUT2D eigenvalue weighted by Gasteiger charge is -2.07. The monoisotopic (exact) mass is 278 g/mol. The molecule has 104 valence electrons. The van der Waals surface area contributed by atoms with Crippen molar-refractivity contribution in [3.63, 3.8) is 0 Å². The summed E-state index contributed by atoms with van der Waals surface area (Å²) in [4.78, 5) is 20.8. The molecule has 3 N–H and O–H groups in total. The van der Waals surface area contributed by atoms with Gasteiger partial charge < -0.3 is 11.1 Å². The zero-order chi connectivity index (χ0) is 14.7. The summed E-state index contributed by atoms with van der Waals surface area (Å²) in [6.07, 6.45) is 3.28. The molecular weight excluding hydrogens is 264 g/mol. The molecule has 0 aliphatic heterocycles. The summed E-state index contributed by atoms with van der Waals surface area (Å²) in [7, 11) is 0. The van der Waals surface area contributed by atoms with Gasteiger partial charge in [-0.3, -0.25) is 9.78 Å². The van der Waals surface area contributed by atoms with Gasteiger partial charge >= 0.3 is 0 Å². The van der Waals surface area contributed by atoms with Crippen LogP contribution in [0.25, 0.3) is 10.9 Å². The summed E-state index contributed by atoms with van der Waals surface area (Å²) < 4.78 is 0. The molecule has 5 heteroatoms. The average Bonchev–Trinajstić information content (AvgIpc) is 2.55. The number of carbonyl (C=O) groups is 1. The molecule has 3 rings (SSSR count). The Morgan fingerprint density at radius 3 is 2.71 bits per heavy atom. The van der Waals surface area contributed by atoms with Crippen LogP contribution in [0.5, 0.6) is 0 Å². The minimum atomic E-state index is -0.207. The Morgan fingerprint density at radius 2 is 1.95 bits per heavy atom. The number of nitrogens with zero attached hydrogens (tertiary/aromatic N) is 2. The Bertz CT molecular complexity index is 778. The predicted octanol–water partition coefficient (Wildman–Crippen LogP) is 2.34. The van der Waals surface area contributed by atoms with Crippen LogP contribution in [0.2, 0.25) is 0 Å². The number of benzene rings is 1. The number of rotatable bonds is 3. The largest absolute Gasteiger partial charge is 0.326 e. The molecule has 0 spiro atoms. The van der Waals surface area contributed by atoms with Crippen molar-refractivity contribution >= 4 is 22.6 Å². The molecule has 0 aliphatic rings. The molecule has 2 aromatic heterocycles. The van der Waals surface area contributed by atoms with Crippen LogP contribution < -0.4 is 11.1 Å². The van der Waals surface area contributed by atoms with Gasteiger partial charge in [0.25, 0.3) is 5.91 Å². The van der Waals surface area contributed by atoms with Crippen LogP contribution in [-0.4, -0.2) is 15.9 Å². The molecule has 0 bridgehead atoms. The second-order valence-corrected chi connectivity index (χ2v) is 4.59. The van der Waals surface area contributed by atoms with Crippen molar-refractivity contribution in [3.05, 3.63) is 66.0 Å². The summed E-state index contributed by atoms with van der Waals surface area (Å²) in [5.74, 6) is 0.291. The van der Waals surface area contributed by atoms with E-state index >= 15 is 0 Å². The quantitative estimate of drug-likeness (QED) is 0.770. The summed E-state index contributed by atoms with van der Waals surface area (Å²) in [5, 5.41) is 3.60. The third kappa shape index (κ3) is 2.73. The van der Waals surface area contributed by atoms with E-state index in [0.29, 0.717) is 17.9 Å². The number of aromatic nitrogens is 2. The van der Waals surface area contributed by atoms with E-state index < -0.39 is 0 Å². The van der Waals surface area contributed by atoms with Crippen molar-refractivity contribution in [2.45, 2.75) is 6.54 Å². The van der Waals surface area contributed by atoms with Crippen molar-refractivity contribution < 1.29 is 4.79 Å². The van der Waals surface area contributed by atoms with E-state index in [-0.39, 0.29) is 5.91 Å². The fraction of sp³-hybridized carbons (Fsp3) is 0.0625. The van der Waals surface area contributed by atoms with Crippen LogP contribution in [-0.2, 0) is 6.54 Å². The standard InChI is InChI=1S/C16H14N4O/c17-9-11-5-6-15(19-10-11)20-16(21)13-7-8-18-14-4-2-1-3-12(13)14/h1-8,10H,9,17H2,(H,19,20,21). The van der Waals surface area contributed by atoms with Crippen LogP contribution in [0, 0.1) is 0 Å². The minimum Gasteiger partial charge on any atom is -0.326 e. The van der Waals surface area contributed by atoms with Crippen molar-refractivity contribution in [1.29, 1.82) is 0 Å². The van der Waals surface area contributed by atoms with Crippen LogP contribution in [0.3, 0.4) is 0 Å². The molecule has 2 heterocycles. The number of para-hydroxylation sites is 1. The smallest absolute Gasteiger partial charge is 0.257 e. The maximum absolute atomic E-state index is 12.4. The van der Waals surface area contributed by atoms with E-state index in [2.05, 4.69) is 15.3 Å². The van der Waals surface area contributed by atoms with Gasteiger partial charge in [-0.05, 0) is 23.8 Å². The van der Waals surface area contributed by atoms with E-state index in [1.807, 2.05) is 30.3 Å². The third-order valence-corrected chi connectivity index (χ3v) is 3.20. The first-order chi connectivity index (χ1) is 10.3. The third-order valence-electron chi connectivity index (χ3n) is 3.20. The van der Waals surface area contributed by atoms with Gasteiger partial charge in [0.2, 0.25) is 0 Å². The van der Waals surface area contributed by atoms with Gasteiger partial charge in [-0.15, -0.1) is 0 Å². The zero-order valence-corrected chi connectivity index (χ0v) is 11.3. The van der Waals surface area contributed by atoms with Crippen molar-refractivity contribution in [2.75, 3.05) is 5.32 Å². The van der Waals surface area contributed by atoms with Gasteiger partial charge in [0.05, 0.1) is 11.1 Å². The lowest BCUT2D eigenvalue weighted by Crippen LogP contribution is -2.13. The van der Waals surface area contributed by atoms with E-state index in [1.165, 1.54) is 0 Å². The van der Waals surface area contributed by atoms with Crippen LogP contribution in [0.1, 0.15) is 15.9 Å². The first kappa shape index (κ1) is 13.2. The van der Waals surface area contributed by atoms with Gasteiger partial charge in [0.15, 0.2) is 0 Å². The van der Waals surface area contributed by atoms with Gasteiger partial charge in [-0.25, -0.2) is 4.98 Å². The lowest BCUT2D eigenvalue weighted by atomic mass is 10.1. The molecule has 1 amide bonds. The number of nitrogens with two attached hydrogens (primary N) is 1. The number of carbonyl (C=O) groups excluding carboxylic acids is 1. The van der Waals surface area contributed by atoms with Crippen LogP contribution >= 0.6 is 0 Å². The van der Waals surface area contributed by atoms with E-state index in [9.17, 15) is 4.79 Å². The first-order valence-corrected chi connectivity index (χ1v) is 6.58. The molecule has 0 saturated heterocycles. The van der Waals surface area contributed by atoms with E-state index in [0.717, 1.165) is 16.5 Å². The molecule has 0 saturated carbocycles. The van der Waals surface area contributed by atoms with Gasteiger partial charge in [0.1, 0.15) is 5.82 Å². The molecule has 0 unspecified atom stereocenters. The van der Waals surface area contributed by atoms with Gasteiger partial charge in [-0.2, -0.15) is 0 Å². The molecule has 1 aromatic carbocycles. The highest BCUT2D eigenvalue weighted by Crippen LogP contribution is 2.17. The molecular formula is C16H14N4O. The Morgan fingerprint density at radius 1 is 1.10 bits per heavy atom. The highest BCUT2D eigenvalue weighted by Gasteiger charge is 2.10.